The molecular formula is C22H26N4O2. The van der Waals surface area contributed by atoms with E-state index in [-0.39, 0.29) is 11.8 Å². The van der Waals surface area contributed by atoms with Gasteiger partial charge in [-0.25, -0.2) is 10.9 Å². The number of hydrogen-bond acceptors (Lipinski definition) is 4. The number of rotatable bonds is 11. The van der Waals surface area contributed by atoms with Crippen molar-refractivity contribution in [3.8, 4) is 0 Å². The van der Waals surface area contributed by atoms with Crippen molar-refractivity contribution in [3.05, 3.63) is 71.8 Å². The fourth-order valence-electron chi connectivity index (χ4n) is 2.45. The van der Waals surface area contributed by atoms with Gasteiger partial charge in [-0.1, -0.05) is 60.7 Å². The lowest BCUT2D eigenvalue weighted by molar-refractivity contribution is -0.123. The molecule has 2 amide bonds. The van der Waals surface area contributed by atoms with Gasteiger partial charge in [-0.15, -0.1) is 0 Å². The van der Waals surface area contributed by atoms with E-state index in [1.165, 1.54) is 0 Å². The van der Waals surface area contributed by atoms with Gasteiger partial charge in [-0.3, -0.25) is 9.59 Å². The van der Waals surface area contributed by atoms with Crippen LogP contribution in [-0.2, 0) is 22.4 Å². The summed E-state index contributed by atoms with van der Waals surface area (Å²) in [5.41, 5.74) is 7.28. The Morgan fingerprint density at radius 2 is 1.07 bits per heavy atom. The number of nitrogens with one attached hydrogen (secondary N) is 2. The third-order valence-corrected chi connectivity index (χ3v) is 3.96. The Balaban J connectivity index is 1.49. The van der Waals surface area contributed by atoms with Gasteiger partial charge in [-0.2, -0.15) is 10.2 Å². The van der Waals surface area contributed by atoms with Gasteiger partial charge in [0.2, 0.25) is 11.8 Å². The van der Waals surface area contributed by atoms with Gasteiger partial charge in [0.15, 0.2) is 0 Å². The van der Waals surface area contributed by atoms with E-state index < -0.39 is 0 Å². The Kier molecular flexibility index (Phi) is 9.74. The fourth-order valence-corrected chi connectivity index (χ4v) is 2.45. The molecular weight excluding hydrogens is 352 g/mol. The molecule has 6 nitrogen and oxygen atoms in total. The van der Waals surface area contributed by atoms with Crippen molar-refractivity contribution >= 4 is 24.2 Å². The smallest absolute Gasteiger partial charge is 0.240 e. The van der Waals surface area contributed by atoms with E-state index in [2.05, 4.69) is 21.1 Å². The predicted octanol–water partition coefficient (Wildman–Crippen LogP) is 3.24. The Bertz CT molecular complexity index is 706. The normalized spacial score (nSPS) is 11.0. The maximum Gasteiger partial charge on any atom is 0.240 e. The van der Waals surface area contributed by atoms with E-state index in [1.54, 1.807) is 12.4 Å². The number of carbonyl (C=O) groups is 2. The molecule has 0 spiro atoms. The van der Waals surface area contributed by atoms with E-state index in [9.17, 15) is 9.59 Å². The minimum absolute atomic E-state index is 0.148. The summed E-state index contributed by atoms with van der Waals surface area (Å²) in [6, 6.07) is 19.8. The van der Waals surface area contributed by atoms with Crippen LogP contribution in [0.3, 0.4) is 0 Å². The summed E-state index contributed by atoms with van der Waals surface area (Å²) in [6.45, 7) is 0. The molecule has 0 radical (unpaired) electrons. The lowest BCUT2D eigenvalue weighted by atomic mass is 10.2. The second-order valence-electron chi connectivity index (χ2n) is 6.28. The molecule has 0 aromatic heterocycles. The second-order valence-corrected chi connectivity index (χ2v) is 6.28. The van der Waals surface area contributed by atoms with Crippen LogP contribution >= 0.6 is 0 Å². The third kappa shape index (κ3) is 9.43. The maximum atomic E-state index is 11.7. The molecule has 2 aromatic rings. The molecule has 146 valence electrons. The highest BCUT2D eigenvalue weighted by molar-refractivity contribution is 5.78. The Morgan fingerprint density at radius 3 is 1.46 bits per heavy atom. The maximum absolute atomic E-state index is 11.7. The van der Waals surface area contributed by atoms with Gasteiger partial charge in [0.25, 0.3) is 0 Å². The first-order valence-corrected chi connectivity index (χ1v) is 9.42. The van der Waals surface area contributed by atoms with Gasteiger partial charge in [0.05, 0.1) is 0 Å². The van der Waals surface area contributed by atoms with Gasteiger partial charge in [0.1, 0.15) is 0 Å². The monoisotopic (exact) mass is 378 g/mol. The molecule has 0 aliphatic heterocycles. The molecule has 0 fully saturated rings. The van der Waals surface area contributed by atoms with E-state index in [0.29, 0.717) is 38.5 Å². The number of benzene rings is 2. The SMILES string of the molecule is O=C(CCCCC(=O)N/N=C/Cc1ccccc1)N/N=C/Cc1ccccc1. The average Bonchev–Trinajstić information content (AvgIpc) is 2.73. The molecule has 0 aliphatic rings. The van der Waals surface area contributed by atoms with Crippen LogP contribution in [0.1, 0.15) is 36.8 Å². The summed E-state index contributed by atoms with van der Waals surface area (Å²) in [4.78, 5) is 23.4. The third-order valence-electron chi connectivity index (χ3n) is 3.96. The van der Waals surface area contributed by atoms with Crippen LogP contribution in [0.4, 0.5) is 0 Å². The van der Waals surface area contributed by atoms with Crippen LogP contribution in [0.5, 0.6) is 0 Å². The zero-order valence-corrected chi connectivity index (χ0v) is 15.9. The number of unbranched alkanes of at least 4 members (excludes halogenated alkanes) is 1. The van der Waals surface area contributed by atoms with Crippen LogP contribution in [0.25, 0.3) is 0 Å². The Morgan fingerprint density at radius 1 is 0.679 bits per heavy atom. The molecule has 6 heteroatoms. The second kappa shape index (κ2) is 13.0. The van der Waals surface area contributed by atoms with E-state index in [4.69, 9.17) is 0 Å². The van der Waals surface area contributed by atoms with Crippen molar-refractivity contribution in [2.24, 2.45) is 10.2 Å². The van der Waals surface area contributed by atoms with E-state index in [1.807, 2.05) is 60.7 Å². The Hall–Kier alpha value is -3.28. The van der Waals surface area contributed by atoms with Gasteiger partial charge >= 0.3 is 0 Å². The molecule has 0 unspecified atom stereocenters. The molecule has 0 saturated heterocycles. The highest BCUT2D eigenvalue weighted by Gasteiger charge is 2.02. The quantitative estimate of drug-likeness (QED) is 0.357. The fraction of sp³-hybridized carbons (Fsp3) is 0.273. The molecule has 0 heterocycles. The first-order valence-electron chi connectivity index (χ1n) is 9.42. The largest absolute Gasteiger partial charge is 0.273 e. The zero-order chi connectivity index (χ0) is 19.9. The molecule has 0 saturated carbocycles. The number of amides is 2. The van der Waals surface area contributed by atoms with Crippen molar-refractivity contribution in [2.45, 2.75) is 38.5 Å². The molecule has 28 heavy (non-hydrogen) atoms. The summed E-state index contributed by atoms with van der Waals surface area (Å²) >= 11 is 0. The highest BCUT2D eigenvalue weighted by atomic mass is 16.2. The van der Waals surface area contributed by atoms with E-state index >= 15 is 0 Å². The van der Waals surface area contributed by atoms with Crippen molar-refractivity contribution in [1.82, 2.24) is 10.9 Å². The minimum Gasteiger partial charge on any atom is -0.273 e. The van der Waals surface area contributed by atoms with E-state index in [0.717, 1.165) is 11.1 Å². The predicted molar refractivity (Wildman–Crippen MR) is 112 cm³/mol. The lowest BCUT2D eigenvalue weighted by Crippen LogP contribution is -2.19. The number of nitrogens with zero attached hydrogens (tertiary/aromatic N) is 2. The Labute approximate surface area is 165 Å². The van der Waals surface area contributed by atoms with Gasteiger partial charge in [0, 0.05) is 38.1 Å². The summed E-state index contributed by atoms with van der Waals surface area (Å²) in [6.07, 6.45) is 6.63. The molecule has 2 aromatic carbocycles. The molecule has 0 aliphatic carbocycles. The van der Waals surface area contributed by atoms with Crippen molar-refractivity contribution in [2.75, 3.05) is 0 Å². The van der Waals surface area contributed by atoms with Crippen LogP contribution in [0.2, 0.25) is 0 Å². The molecule has 2 rings (SSSR count). The summed E-state index contributed by atoms with van der Waals surface area (Å²) in [7, 11) is 0. The van der Waals surface area contributed by atoms with Crippen LogP contribution in [-0.4, -0.2) is 24.2 Å². The van der Waals surface area contributed by atoms with Crippen LogP contribution in [0, 0.1) is 0 Å². The topological polar surface area (TPSA) is 82.9 Å². The first-order chi connectivity index (χ1) is 13.7. The van der Waals surface area contributed by atoms with Gasteiger partial charge < -0.3 is 0 Å². The van der Waals surface area contributed by atoms with Crippen molar-refractivity contribution in [1.29, 1.82) is 0 Å². The number of carbonyl (C=O) groups excluding carboxylic acids is 2. The molecule has 0 bridgehead atoms. The minimum atomic E-state index is -0.148. The summed E-state index contributed by atoms with van der Waals surface area (Å²) in [5, 5.41) is 7.86. The summed E-state index contributed by atoms with van der Waals surface area (Å²) in [5.74, 6) is -0.295. The average molecular weight is 378 g/mol. The zero-order valence-electron chi connectivity index (χ0n) is 15.9. The highest BCUT2D eigenvalue weighted by Crippen LogP contribution is 2.01. The lowest BCUT2D eigenvalue weighted by Gasteiger charge is -2.01. The van der Waals surface area contributed by atoms with Crippen LogP contribution < -0.4 is 10.9 Å². The number of hydrazone groups is 2. The van der Waals surface area contributed by atoms with Crippen LogP contribution in [0.15, 0.2) is 70.9 Å². The summed E-state index contributed by atoms with van der Waals surface area (Å²) < 4.78 is 0. The molecule has 0 atom stereocenters. The van der Waals surface area contributed by atoms with Crippen molar-refractivity contribution in [3.63, 3.8) is 0 Å². The molecule has 2 N–H and O–H groups in total. The van der Waals surface area contributed by atoms with Gasteiger partial charge in [-0.05, 0) is 24.0 Å². The van der Waals surface area contributed by atoms with Crippen molar-refractivity contribution < 1.29 is 9.59 Å². The standard InChI is InChI=1S/C22H26N4O2/c27-21(25-23-17-15-19-9-3-1-4-10-19)13-7-8-14-22(28)26-24-18-16-20-11-5-2-6-12-20/h1-6,9-12,17-18H,7-8,13-16H2,(H,25,27)(H,26,28)/b23-17+,24-18+. The first kappa shape index (κ1) is 21.0. The number of hydrogen-bond donors (Lipinski definition) is 2.